The molecule has 2 rings (SSSR count). The number of aromatic nitrogens is 2. The van der Waals surface area contributed by atoms with Gasteiger partial charge in [0, 0.05) is 6.07 Å². The second kappa shape index (κ2) is 6.40. The van der Waals surface area contributed by atoms with Crippen LogP contribution in [0, 0.1) is 0 Å². The van der Waals surface area contributed by atoms with Crippen molar-refractivity contribution in [1.82, 2.24) is 10.2 Å². The van der Waals surface area contributed by atoms with Crippen LogP contribution in [-0.4, -0.2) is 30.4 Å². The summed E-state index contributed by atoms with van der Waals surface area (Å²) < 4.78 is 10.2. The number of benzene rings is 1. The summed E-state index contributed by atoms with van der Waals surface area (Å²) in [5.41, 5.74) is 1.93. The predicted molar refractivity (Wildman–Crippen MR) is 77.1 cm³/mol. The van der Waals surface area contributed by atoms with Gasteiger partial charge in [-0.2, -0.15) is 0 Å². The van der Waals surface area contributed by atoms with E-state index in [0.29, 0.717) is 27.3 Å². The van der Waals surface area contributed by atoms with E-state index in [0.717, 1.165) is 0 Å². The minimum absolute atomic E-state index is 0.361. The molecule has 0 aliphatic rings. The Hall–Kier alpha value is -2.06. The van der Waals surface area contributed by atoms with Crippen molar-refractivity contribution in [3.05, 3.63) is 22.7 Å². The maximum atomic E-state index is 11.8. The van der Waals surface area contributed by atoms with E-state index in [9.17, 15) is 4.79 Å². The number of carbonyl (C=O) groups excluding carboxylic acids is 1. The van der Waals surface area contributed by atoms with Gasteiger partial charge in [0.25, 0.3) is 0 Å². The molecule has 0 saturated heterocycles. The molecule has 0 aliphatic heterocycles. The van der Waals surface area contributed by atoms with Crippen molar-refractivity contribution < 1.29 is 14.3 Å². The van der Waals surface area contributed by atoms with Crippen LogP contribution in [0.1, 0.15) is 0 Å². The number of nitrogens with one attached hydrogen (secondary N) is 2. The van der Waals surface area contributed by atoms with Crippen LogP contribution in [0.15, 0.2) is 17.6 Å². The zero-order valence-corrected chi connectivity index (χ0v) is 12.2. The second-order valence-corrected chi connectivity index (χ2v) is 4.75. The zero-order chi connectivity index (χ0) is 14.5. The first kappa shape index (κ1) is 14.4. The van der Waals surface area contributed by atoms with Crippen LogP contribution in [0.2, 0.25) is 5.02 Å². The van der Waals surface area contributed by atoms with Gasteiger partial charge < -0.3 is 14.8 Å². The summed E-state index contributed by atoms with van der Waals surface area (Å²) in [4.78, 5) is 11.8. The number of urea groups is 1. The van der Waals surface area contributed by atoms with Gasteiger partial charge in [-0.25, -0.2) is 4.79 Å². The molecule has 0 radical (unpaired) electrons. The summed E-state index contributed by atoms with van der Waals surface area (Å²) >= 11 is 7.22. The van der Waals surface area contributed by atoms with Gasteiger partial charge in [-0.3, -0.25) is 5.32 Å². The lowest BCUT2D eigenvalue weighted by atomic mass is 10.2. The summed E-state index contributed by atoms with van der Waals surface area (Å²) in [6, 6.07) is 2.66. The Morgan fingerprint density at radius 2 is 2.00 bits per heavy atom. The Bertz CT molecular complexity index is 606. The highest BCUT2D eigenvalue weighted by Gasteiger charge is 2.13. The second-order valence-electron chi connectivity index (χ2n) is 3.51. The maximum absolute atomic E-state index is 11.8. The van der Waals surface area contributed by atoms with Gasteiger partial charge in [0.2, 0.25) is 5.13 Å². The van der Waals surface area contributed by atoms with Gasteiger partial charge in [0.1, 0.15) is 17.0 Å². The molecule has 1 heterocycles. The van der Waals surface area contributed by atoms with E-state index < -0.39 is 6.03 Å². The summed E-state index contributed by atoms with van der Waals surface area (Å²) in [5.74, 6) is 0.886. The third-order valence-electron chi connectivity index (χ3n) is 2.30. The lowest BCUT2D eigenvalue weighted by Gasteiger charge is -2.12. The fraction of sp³-hybridized carbons (Fsp3) is 0.182. The minimum atomic E-state index is -0.471. The molecule has 1 aromatic heterocycles. The number of amides is 2. The molecule has 0 saturated carbocycles. The van der Waals surface area contributed by atoms with Crippen LogP contribution in [0.3, 0.4) is 0 Å². The van der Waals surface area contributed by atoms with Crippen LogP contribution in [0.25, 0.3) is 0 Å². The first-order valence-corrected chi connectivity index (χ1v) is 6.65. The average Bonchev–Trinajstić information content (AvgIpc) is 2.91. The van der Waals surface area contributed by atoms with E-state index in [1.165, 1.54) is 31.1 Å². The summed E-state index contributed by atoms with van der Waals surface area (Å²) in [6.45, 7) is 0. The minimum Gasteiger partial charge on any atom is -0.495 e. The normalized spacial score (nSPS) is 9.95. The third-order valence-corrected chi connectivity index (χ3v) is 3.20. The highest BCUT2D eigenvalue weighted by molar-refractivity contribution is 7.13. The topological polar surface area (TPSA) is 85.4 Å². The molecule has 2 amide bonds. The first-order valence-electron chi connectivity index (χ1n) is 5.39. The monoisotopic (exact) mass is 314 g/mol. The molecular formula is C11H11ClN4O3S. The molecule has 0 unspecified atom stereocenters. The van der Waals surface area contributed by atoms with E-state index in [1.54, 1.807) is 12.1 Å². The standard InChI is InChI=1S/C11H11ClN4O3S/c1-18-8-4-9(19-2)7(3-6(8)12)14-10(17)15-11-16-13-5-20-11/h3-5H,1-2H3,(H2,14,15,16,17). The number of anilines is 2. The van der Waals surface area contributed by atoms with Crippen molar-refractivity contribution in [2.45, 2.75) is 0 Å². The zero-order valence-electron chi connectivity index (χ0n) is 10.6. The van der Waals surface area contributed by atoms with E-state index in [1.807, 2.05) is 0 Å². The van der Waals surface area contributed by atoms with Crippen LogP contribution in [0.5, 0.6) is 11.5 Å². The van der Waals surface area contributed by atoms with Gasteiger partial charge in [-0.05, 0) is 6.07 Å². The van der Waals surface area contributed by atoms with Gasteiger partial charge >= 0.3 is 6.03 Å². The number of methoxy groups -OCH3 is 2. The van der Waals surface area contributed by atoms with Gasteiger partial charge in [-0.15, -0.1) is 10.2 Å². The summed E-state index contributed by atoms with van der Waals surface area (Å²) in [7, 11) is 2.98. The van der Waals surface area contributed by atoms with Gasteiger partial charge in [-0.1, -0.05) is 22.9 Å². The molecule has 0 atom stereocenters. The SMILES string of the molecule is COc1cc(OC)c(NC(=O)Nc2nncs2)cc1Cl. The number of ether oxygens (including phenoxy) is 2. The highest BCUT2D eigenvalue weighted by atomic mass is 35.5. The Morgan fingerprint density at radius 3 is 2.60 bits per heavy atom. The number of halogens is 1. The molecule has 0 spiro atoms. The van der Waals surface area contributed by atoms with Gasteiger partial charge in [0.15, 0.2) is 0 Å². The number of nitrogens with zero attached hydrogens (tertiary/aromatic N) is 2. The van der Waals surface area contributed by atoms with Crippen molar-refractivity contribution in [2.24, 2.45) is 0 Å². The summed E-state index contributed by atoms with van der Waals surface area (Å²) in [5, 5.41) is 13.2. The van der Waals surface area contributed by atoms with Crippen molar-refractivity contribution in [3.63, 3.8) is 0 Å². The molecule has 0 bridgehead atoms. The van der Waals surface area contributed by atoms with Crippen LogP contribution < -0.4 is 20.1 Å². The van der Waals surface area contributed by atoms with Crippen molar-refractivity contribution in [3.8, 4) is 11.5 Å². The molecule has 1 aromatic carbocycles. The number of hydrogen-bond donors (Lipinski definition) is 2. The van der Waals surface area contributed by atoms with Gasteiger partial charge in [0.05, 0.1) is 24.9 Å². The smallest absolute Gasteiger partial charge is 0.325 e. The fourth-order valence-corrected chi connectivity index (χ4v) is 2.12. The van der Waals surface area contributed by atoms with E-state index in [4.69, 9.17) is 21.1 Å². The lowest BCUT2D eigenvalue weighted by molar-refractivity contribution is 0.262. The molecule has 7 nitrogen and oxygen atoms in total. The molecule has 0 aliphatic carbocycles. The van der Waals surface area contributed by atoms with E-state index in [2.05, 4.69) is 20.8 Å². The summed E-state index contributed by atoms with van der Waals surface area (Å²) in [6.07, 6.45) is 0. The van der Waals surface area contributed by atoms with E-state index >= 15 is 0 Å². The molecule has 0 fully saturated rings. The highest BCUT2D eigenvalue weighted by Crippen LogP contribution is 2.35. The average molecular weight is 315 g/mol. The largest absolute Gasteiger partial charge is 0.495 e. The molecule has 106 valence electrons. The Balaban J connectivity index is 2.15. The predicted octanol–water partition coefficient (Wildman–Crippen LogP) is 2.85. The van der Waals surface area contributed by atoms with Crippen molar-refractivity contribution >= 4 is 39.8 Å². The van der Waals surface area contributed by atoms with Crippen molar-refractivity contribution in [2.75, 3.05) is 24.9 Å². The molecular weight excluding hydrogens is 304 g/mol. The number of hydrogen-bond acceptors (Lipinski definition) is 6. The van der Waals surface area contributed by atoms with E-state index in [-0.39, 0.29) is 0 Å². The lowest BCUT2D eigenvalue weighted by Crippen LogP contribution is -2.19. The van der Waals surface area contributed by atoms with Crippen LogP contribution in [0.4, 0.5) is 15.6 Å². The Morgan fingerprint density at radius 1 is 1.25 bits per heavy atom. The first-order chi connectivity index (χ1) is 9.63. The molecule has 20 heavy (non-hydrogen) atoms. The van der Waals surface area contributed by atoms with Crippen LogP contribution >= 0.6 is 22.9 Å². The maximum Gasteiger partial charge on any atom is 0.325 e. The number of rotatable bonds is 4. The molecule has 2 N–H and O–H groups in total. The quantitative estimate of drug-likeness (QED) is 0.906. The molecule has 2 aromatic rings. The third kappa shape index (κ3) is 3.28. The number of carbonyl (C=O) groups is 1. The fourth-order valence-electron chi connectivity index (χ4n) is 1.44. The molecule has 9 heteroatoms. The van der Waals surface area contributed by atoms with Crippen LogP contribution in [-0.2, 0) is 0 Å². The Labute approximate surface area is 123 Å². The Kier molecular flexibility index (Phi) is 4.59. The van der Waals surface area contributed by atoms with Crippen molar-refractivity contribution in [1.29, 1.82) is 0 Å².